The number of alkyl halides is 3. The van der Waals surface area contributed by atoms with E-state index in [1.807, 2.05) is 29.8 Å². The number of halogens is 3. The second-order valence-corrected chi connectivity index (χ2v) is 12.5. The van der Waals surface area contributed by atoms with E-state index in [1.54, 1.807) is 56.6 Å². The highest BCUT2D eigenvalue weighted by Crippen LogP contribution is 2.23. The van der Waals surface area contributed by atoms with Crippen LogP contribution in [0.3, 0.4) is 0 Å². The maximum absolute atomic E-state index is 13.1. The van der Waals surface area contributed by atoms with Crippen molar-refractivity contribution in [1.29, 1.82) is 0 Å². The van der Waals surface area contributed by atoms with Gasteiger partial charge in [-0.05, 0) is 75.6 Å². The molecule has 4 aromatic rings. The fourth-order valence-electron chi connectivity index (χ4n) is 4.86. The minimum Gasteiger partial charge on any atom is -0.480 e. The topological polar surface area (TPSA) is 193 Å². The SMILES string of the molecule is Cc1cc(C)c(S(=O)(=O)N[C@@H](CNC(=O)c2ccc3c(cnn3C(C)CCNc3ccccn3)c2)C(=O)O)c(C)c1.O=C(O)C(F)(F)F. The van der Waals surface area contributed by atoms with Gasteiger partial charge in [0.05, 0.1) is 22.7 Å². The molecule has 0 saturated heterocycles. The van der Waals surface area contributed by atoms with Crippen molar-refractivity contribution in [3.8, 4) is 0 Å². The van der Waals surface area contributed by atoms with Crippen molar-refractivity contribution in [2.45, 2.75) is 57.3 Å². The number of nitrogens with zero attached hydrogens (tertiary/aromatic N) is 3. The van der Waals surface area contributed by atoms with E-state index in [1.165, 1.54) is 0 Å². The number of fused-ring (bicyclic) bond motifs is 1. The number of hydrogen-bond acceptors (Lipinski definition) is 8. The van der Waals surface area contributed by atoms with Gasteiger partial charge in [-0.15, -0.1) is 0 Å². The summed E-state index contributed by atoms with van der Waals surface area (Å²) in [5, 5.41) is 27.9. The Morgan fingerprint density at radius 2 is 1.65 bits per heavy atom. The third kappa shape index (κ3) is 9.98. The summed E-state index contributed by atoms with van der Waals surface area (Å²) in [6.07, 6.45) is -0.882. The molecular weight excluding hydrogens is 657 g/mol. The Balaban J connectivity index is 0.000000804. The number of aliphatic carboxylic acids is 2. The van der Waals surface area contributed by atoms with Gasteiger partial charge in [0.25, 0.3) is 5.91 Å². The third-order valence-corrected chi connectivity index (χ3v) is 8.76. The van der Waals surface area contributed by atoms with Crippen LogP contribution in [0.25, 0.3) is 10.9 Å². The second kappa shape index (κ2) is 15.7. The molecule has 2 aromatic heterocycles. The maximum atomic E-state index is 13.1. The normalized spacial score (nSPS) is 12.8. The number of hydrogen-bond donors (Lipinski definition) is 5. The fourth-order valence-corrected chi connectivity index (χ4v) is 6.50. The third-order valence-electron chi connectivity index (χ3n) is 6.99. The lowest BCUT2D eigenvalue weighted by atomic mass is 10.1. The molecule has 0 fully saturated rings. The lowest BCUT2D eigenvalue weighted by Crippen LogP contribution is -2.48. The van der Waals surface area contributed by atoms with E-state index in [0.29, 0.717) is 23.2 Å². The molecule has 5 N–H and O–H groups in total. The monoisotopic (exact) mass is 692 g/mol. The van der Waals surface area contributed by atoms with Gasteiger partial charge in [0.2, 0.25) is 10.0 Å². The number of anilines is 1. The molecule has 258 valence electrons. The zero-order valence-electron chi connectivity index (χ0n) is 26.4. The van der Waals surface area contributed by atoms with Crippen LogP contribution in [-0.2, 0) is 19.6 Å². The van der Waals surface area contributed by atoms with Gasteiger partial charge < -0.3 is 20.8 Å². The molecule has 13 nitrogen and oxygen atoms in total. The molecule has 2 heterocycles. The van der Waals surface area contributed by atoms with Crippen molar-refractivity contribution in [3.05, 3.63) is 83.2 Å². The van der Waals surface area contributed by atoms with E-state index in [4.69, 9.17) is 9.90 Å². The minimum absolute atomic E-state index is 0.0323. The van der Waals surface area contributed by atoms with Crippen LogP contribution in [-0.4, -0.2) is 76.5 Å². The van der Waals surface area contributed by atoms with E-state index >= 15 is 0 Å². The smallest absolute Gasteiger partial charge is 0.480 e. The number of sulfonamides is 1. The Morgan fingerprint density at radius 3 is 2.21 bits per heavy atom. The largest absolute Gasteiger partial charge is 0.490 e. The number of nitrogens with one attached hydrogen (secondary N) is 3. The van der Waals surface area contributed by atoms with Crippen molar-refractivity contribution < 1.29 is 46.2 Å². The van der Waals surface area contributed by atoms with Crippen LogP contribution >= 0.6 is 0 Å². The number of pyridine rings is 1. The Morgan fingerprint density at radius 1 is 1.00 bits per heavy atom. The first-order chi connectivity index (χ1) is 22.4. The number of amides is 1. The molecule has 0 aliphatic rings. The van der Waals surface area contributed by atoms with Crippen molar-refractivity contribution in [3.63, 3.8) is 0 Å². The van der Waals surface area contributed by atoms with Crippen LogP contribution < -0.4 is 15.4 Å². The zero-order valence-corrected chi connectivity index (χ0v) is 27.2. The molecule has 17 heteroatoms. The lowest BCUT2D eigenvalue weighted by molar-refractivity contribution is -0.192. The molecule has 48 heavy (non-hydrogen) atoms. The molecule has 1 unspecified atom stereocenters. The molecule has 2 atom stereocenters. The number of carbonyl (C=O) groups is 3. The molecule has 0 aliphatic carbocycles. The number of benzene rings is 2. The number of rotatable bonds is 12. The second-order valence-electron chi connectivity index (χ2n) is 10.9. The average molecular weight is 693 g/mol. The molecule has 0 radical (unpaired) electrons. The highest BCUT2D eigenvalue weighted by Gasteiger charge is 2.38. The number of aromatic nitrogens is 3. The Kier molecular flexibility index (Phi) is 12.2. The summed E-state index contributed by atoms with van der Waals surface area (Å²) in [5.74, 6) is -3.88. The molecule has 0 spiro atoms. The molecule has 1 amide bonds. The molecule has 4 rings (SSSR count). The van der Waals surface area contributed by atoms with Gasteiger partial charge in [-0.2, -0.15) is 23.0 Å². The summed E-state index contributed by atoms with van der Waals surface area (Å²) in [5.41, 5.74) is 3.08. The number of carboxylic acid groups (broad SMARTS) is 2. The molecule has 0 bridgehead atoms. The van der Waals surface area contributed by atoms with Crippen LogP contribution in [0.5, 0.6) is 0 Å². The van der Waals surface area contributed by atoms with Crippen molar-refractivity contribution >= 4 is 44.6 Å². The van der Waals surface area contributed by atoms with E-state index < -0.39 is 46.6 Å². The van der Waals surface area contributed by atoms with E-state index in [-0.39, 0.29) is 10.9 Å². The molecular formula is C31H35F3N6O7S. The predicted octanol–water partition coefficient (Wildman–Crippen LogP) is 4.21. The highest BCUT2D eigenvalue weighted by atomic mass is 32.2. The summed E-state index contributed by atoms with van der Waals surface area (Å²) in [6.45, 7) is 7.49. The fraction of sp³-hybridized carbons (Fsp3) is 0.323. The summed E-state index contributed by atoms with van der Waals surface area (Å²) < 4.78 is 62.0. The van der Waals surface area contributed by atoms with Crippen LogP contribution in [0.1, 0.15) is 46.4 Å². The summed E-state index contributed by atoms with van der Waals surface area (Å²) >= 11 is 0. The van der Waals surface area contributed by atoms with Crippen LogP contribution in [0.2, 0.25) is 0 Å². The van der Waals surface area contributed by atoms with Gasteiger partial charge in [0, 0.05) is 30.2 Å². The molecule has 2 aromatic carbocycles. The maximum Gasteiger partial charge on any atom is 0.490 e. The Labute approximate surface area is 274 Å². The first kappa shape index (κ1) is 37.4. The average Bonchev–Trinajstić information content (AvgIpc) is 3.42. The molecule has 0 saturated carbocycles. The van der Waals surface area contributed by atoms with Gasteiger partial charge in [-0.1, -0.05) is 23.8 Å². The zero-order chi connectivity index (χ0) is 35.8. The first-order valence-electron chi connectivity index (χ1n) is 14.4. The Bertz CT molecular complexity index is 1860. The van der Waals surface area contributed by atoms with Crippen molar-refractivity contribution in [2.24, 2.45) is 0 Å². The van der Waals surface area contributed by atoms with Gasteiger partial charge in [0.15, 0.2) is 0 Å². The van der Waals surface area contributed by atoms with Gasteiger partial charge >= 0.3 is 18.1 Å². The summed E-state index contributed by atoms with van der Waals surface area (Å²) in [7, 11) is -4.15. The predicted molar refractivity (Wildman–Crippen MR) is 170 cm³/mol. The Hall–Kier alpha value is -5.03. The first-order valence-corrected chi connectivity index (χ1v) is 15.9. The van der Waals surface area contributed by atoms with Gasteiger partial charge in [-0.3, -0.25) is 14.3 Å². The number of aryl methyl sites for hydroxylation is 3. The van der Waals surface area contributed by atoms with E-state index in [0.717, 1.165) is 28.7 Å². The quantitative estimate of drug-likeness (QED) is 0.144. The van der Waals surface area contributed by atoms with Crippen LogP contribution in [0, 0.1) is 20.8 Å². The molecule has 0 aliphatic heterocycles. The van der Waals surface area contributed by atoms with Crippen LogP contribution in [0.15, 0.2) is 65.8 Å². The summed E-state index contributed by atoms with van der Waals surface area (Å²) in [6, 6.07) is 12.7. The van der Waals surface area contributed by atoms with Gasteiger partial charge in [-0.25, -0.2) is 18.2 Å². The number of carbonyl (C=O) groups excluding carboxylic acids is 1. The van der Waals surface area contributed by atoms with Gasteiger partial charge in [0.1, 0.15) is 11.9 Å². The minimum atomic E-state index is -5.08. The van der Waals surface area contributed by atoms with Crippen LogP contribution in [0.4, 0.5) is 19.0 Å². The summed E-state index contributed by atoms with van der Waals surface area (Å²) in [4.78, 5) is 38.0. The number of carboxylic acids is 2. The van der Waals surface area contributed by atoms with E-state index in [9.17, 15) is 36.3 Å². The van der Waals surface area contributed by atoms with Crippen molar-refractivity contribution in [2.75, 3.05) is 18.4 Å². The van der Waals surface area contributed by atoms with E-state index in [2.05, 4.69) is 32.4 Å². The standard InChI is InChI=1S/C29H34N6O5S.C2HF3O2/c1-18-13-19(2)27(20(3)14-18)41(39,40)34-24(29(37)38)17-32-28(36)22-8-9-25-23(15-22)16-33-35(25)21(4)10-12-31-26-7-5-6-11-30-26;3-2(4,5)1(6)7/h5-9,11,13-16,21,24,34H,10,12,17H2,1-4H3,(H,30,31)(H,32,36)(H,37,38);(H,6,7)/t21?,24-;/m0./s1. The lowest BCUT2D eigenvalue weighted by Gasteiger charge is -2.18. The van der Waals surface area contributed by atoms with Crippen molar-refractivity contribution in [1.82, 2.24) is 24.8 Å². The highest BCUT2D eigenvalue weighted by molar-refractivity contribution is 7.89.